The predicted molar refractivity (Wildman–Crippen MR) is 214 cm³/mol. The molecule has 12 nitrogen and oxygen atoms in total. The molecule has 0 saturated heterocycles. The molecule has 7 unspecified atom stereocenters. The molecule has 10 heterocycles. The number of fused-ring (bicyclic) bond motifs is 11. The van der Waals surface area contributed by atoms with Crippen LogP contribution in [0.2, 0.25) is 0 Å². The molecule has 3 aromatic heterocycles. The number of hydrogen-bond acceptors (Lipinski definition) is 14. The first-order valence-corrected chi connectivity index (χ1v) is 20.8. The highest BCUT2D eigenvalue weighted by Crippen LogP contribution is 2.51. The molecule has 1 aliphatic carbocycles. The highest BCUT2D eigenvalue weighted by molar-refractivity contribution is 8.15. The number of nitrogens with zero attached hydrogens (tertiary/aromatic N) is 6. The molecule has 54 heavy (non-hydrogen) atoms. The SMILES string of the molecule is C=C1C(=O)SC(C)C2=C1c1nc2nc2nc(nc3cc(C4C=CC(C)C(=O)S4)c(nc4[nH]c(cc4C4C=CC(C)SC4=O)n1)[nH]3)C1=C2C2C=CC1SC2=O. The van der Waals surface area contributed by atoms with Crippen LogP contribution in [-0.2, 0) is 19.2 Å². The fraction of sp³-hybridized carbons (Fsp3) is 0.263. The molecule has 2 N–H and O–H groups in total. The van der Waals surface area contributed by atoms with Gasteiger partial charge in [-0.25, -0.2) is 29.9 Å². The van der Waals surface area contributed by atoms with E-state index in [0.717, 1.165) is 22.9 Å². The van der Waals surface area contributed by atoms with Crippen molar-refractivity contribution < 1.29 is 19.2 Å². The Labute approximate surface area is 324 Å². The van der Waals surface area contributed by atoms with Gasteiger partial charge in [0.1, 0.15) is 22.6 Å². The first kappa shape index (κ1) is 33.9. The van der Waals surface area contributed by atoms with Gasteiger partial charge in [0.05, 0.1) is 22.3 Å². The summed E-state index contributed by atoms with van der Waals surface area (Å²) in [6.45, 7) is 9.88. The Bertz CT molecular complexity index is 2670. The van der Waals surface area contributed by atoms with E-state index in [4.69, 9.17) is 29.9 Å². The smallest absolute Gasteiger partial charge is 0.220 e. The lowest BCUT2D eigenvalue weighted by molar-refractivity contribution is -0.113. The van der Waals surface area contributed by atoms with Crippen molar-refractivity contribution in [2.24, 2.45) is 11.8 Å². The van der Waals surface area contributed by atoms with Gasteiger partial charge in [-0.15, -0.1) is 0 Å². The van der Waals surface area contributed by atoms with E-state index in [1.165, 1.54) is 35.3 Å². The topological polar surface area (TPSA) is 177 Å². The Morgan fingerprint density at radius 3 is 1.93 bits per heavy atom. The van der Waals surface area contributed by atoms with Crippen molar-refractivity contribution >= 4 is 112 Å². The summed E-state index contributed by atoms with van der Waals surface area (Å²) in [5.41, 5.74) is 5.94. The van der Waals surface area contributed by atoms with Gasteiger partial charge in [0.15, 0.2) is 28.4 Å². The molecule has 0 spiro atoms. The van der Waals surface area contributed by atoms with Crippen molar-refractivity contribution in [2.45, 2.75) is 47.7 Å². The maximum Gasteiger partial charge on any atom is 0.220 e. The van der Waals surface area contributed by atoms with Gasteiger partial charge >= 0.3 is 0 Å². The van der Waals surface area contributed by atoms with Crippen LogP contribution in [0.4, 0.5) is 0 Å². The van der Waals surface area contributed by atoms with Crippen molar-refractivity contribution in [1.82, 2.24) is 39.9 Å². The van der Waals surface area contributed by atoms with Gasteiger partial charge in [-0.3, -0.25) is 19.2 Å². The van der Waals surface area contributed by atoms with E-state index in [1.54, 1.807) is 6.07 Å². The minimum atomic E-state index is -0.608. The van der Waals surface area contributed by atoms with Crippen molar-refractivity contribution in [3.63, 3.8) is 0 Å². The van der Waals surface area contributed by atoms with Gasteiger partial charge in [0.2, 0.25) is 15.3 Å². The first-order valence-electron chi connectivity index (χ1n) is 17.3. The number of thioether (sulfide) groups is 4. The number of carbonyl (C=O) groups excluding carboxylic acids is 4. The summed E-state index contributed by atoms with van der Waals surface area (Å²) < 4.78 is 0. The quantitative estimate of drug-likeness (QED) is 0.211. The molecule has 3 aromatic rings. The van der Waals surface area contributed by atoms with E-state index in [0.29, 0.717) is 62.3 Å². The molecule has 10 bridgehead atoms. The largest absolute Gasteiger partial charge is 0.325 e. The second-order valence-corrected chi connectivity index (χ2v) is 18.8. The van der Waals surface area contributed by atoms with Crippen LogP contribution in [0.15, 0.2) is 60.7 Å². The second-order valence-electron chi connectivity index (χ2n) is 13.8. The Morgan fingerprint density at radius 2 is 1.19 bits per heavy atom. The Hall–Kier alpha value is -4.64. The maximum atomic E-state index is 13.5. The average molecular weight is 789 g/mol. The zero-order chi connectivity index (χ0) is 37.2. The summed E-state index contributed by atoms with van der Waals surface area (Å²) in [5.74, 6) is -0.0716. The third kappa shape index (κ3) is 5.32. The summed E-state index contributed by atoms with van der Waals surface area (Å²) in [6.07, 6.45) is 11.7. The lowest BCUT2D eigenvalue weighted by atomic mass is 9.88. The van der Waals surface area contributed by atoms with Crippen molar-refractivity contribution in [3.8, 4) is 0 Å². The van der Waals surface area contributed by atoms with Crippen LogP contribution in [0, 0.1) is 11.8 Å². The van der Waals surface area contributed by atoms with Crippen LogP contribution < -0.4 is 0 Å². The van der Waals surface area contributed by atoms with Crippen molar-refractivity contribution in [3.05, 3.63) is 95.2 Å². The standard InChI is InChI=1S/C38H28N8O4S4/c1-13-5-9-21(53-35(13)47)20-12-24-40-30(20)43-29-19(17-7-6-14(2)51-37(17)49)11-23(39-29)41-31-25-15(3)36(48)52-16(4)26(25)32(44-31)45-33-27-18-8-10-22(54-38(18)50)28(27)34(42-24)46-33/h5-14,16-18,21-22H,3H2,1-2,4H3,(H2,39,40,41,42,43,44,45,46). The highest BCUT2D eigenvalue weighted by atomic mass is 32.2. The van der Waals surface area contributed by atoms with Crippen LogP contribution >= 0.6 is 47.0 Å². The minimum absolute atomic E-state index is 0.00731. The van der Waals surface area contributed by atoms with Gasteiger partial charge in [-0.2, -0.15) is 0 Å². The number of aromatic nitrogens is 8. The third-order valence-electron chi connectivity index (χ3n) is 10.2. The van der Waals surface area contributed by atoms with Crippen molar-refractivity contribution in [2.75, 3.05) is 0 Å². The van der Waals surface area contributed by atoms with Crippen molar-refractivity contribution in [1.29, 1.82) is 0 Å². The molecule has 7 aliphatic heterocycles. The zero-order valence-corrected chi connectivity index (χ0v) is 32.1. The minimum Gasteiger partial charge on any atom is -0.325 e. The van der Waals surface area contributed by atoms with Gasteiger partial charge in [-0.1, -0.05) is 97.0 Å². The molecule has 268 valence electrons. The van der Waals surface area contributed by atoms with Crippen LogP contribution in [-0.4, -0.2) is 76.1 Å². The van der Waals surface area contributed by atoms with Gasteiger partial charge in [0.25, 0.3) is 0 Å². The molecule has 0 amide bonds. The molecular weight excluding hydrogens is 761 g/mol. The molecule has 0 fully saturated rings. The molecule has 0 radical (unpaired) electrons. The molecule has 0 saturated carbocycles. The first-order chi connectivity index (χ1) is 26.0. The molecule has 0 aromatic carbocycles. The Morgan fingerprint density at radius 1 is 0.574 bits per heavy atom. The van der Waals surface area contributed by atoms with E-state index >= 15 is 0 Å². The van der Waals surface area contributed by atoms with Gasteiger partial charge < -0.3 is 9.97 Å². The lowest BCUT2D eigenvalue weighted by Gasteiger charge is -2.29. The van der Waals surface area contributed by atoms with Gasteiger partial charge in [-0.05, 0) is 26.0 Å². The number of rotatable bonds is 2. The maximum absolute atomic E-state index is 13.5. The predicted octanol–water partition coefficient (Wildman–Crippen LogP) is 6.57. The van der Waals surface area contributed by atoms with Gasteiger partial charge in [0, 0.05) is 55.4 Å². The average Bonchev–Trinajstić information content (AvgIpc) is 3.90. The fourth-order valence-corrected chi connectivity index (χ4v) is 11.5. The number of hydrogen-bond donors (Lipinski definition) is 2. The number of carbonyl (C=O) groups is 4. The summed E-state index contributed by atoms with van der Waals surface area (Å²) in [4.78, 5) is 89.5. The summed E-state index contributed by atoms with van der Waals surface area (Å²) in [7, 11) is 0. The van der Waals surface area contributed by atoms with E-state index in [-0.39, 0.29) is 58.8 Å². The summed E-state index contributed by atoms with van der Waals surface area (Å²) in [6, 6.07) is 3.65. The van der Waals surface area contributed by atoms with E-state index < -0.39 is 11.8 Å². The second kappa shape index (κ2) is 12.4. The summed E-state index contributed by atoms with van der Waals surface area (Å²) in [5, 5.41) is -1.10. The molecule has 8 aliphatic rings. The molecule has 11 rings (SSSR count). The molecule has 7 atom stereocenters. The highest BCUT2D eigenvalue weighted by Gasteiger charge is 2.45. The lowest BCUT2D eigenvalue weighted by Crippen LogP contribution is -2.26. The normalized spacial score (nSPS) is 28.7. The van der Waals surface area contributed by atoms with Crippen LogP contribution in [0.25, 0.3) is 44.9 Å². The monoisotopic (exact) mass is 788 g/mol. The summed E-state index contributed by atoms with van der Waals surface area (Å²) >= 11 is 4.86. The third-order valence-corrected chi connectivity index (χ3v) is 14.7. The fourth-order valence-electron chi connectivity index (χ4n) is 7.55. The molecular formula is C38H28N8O4S4. The van der Waals surface area contributed by atoms with E-state index in [9.17, 15) is 19.2 Å². The van der Waals surface area contributed by atoms with E-state index in [2.05, 4.69) is 16.5 Å². The zero-order valence-electron chi connectivity index (χ0n) is 28.8. The van der Waals surface area contributed by atoms with Crippen LogP contribution in [0.3, 0.4) is 0 Å². The van der Waals surface area contributed by atoms with E-state index in [1.807, 2.05) is 63.3 Å². The van der Waals surface area contributed by atoms with Crippen LogP contribution in [0.5, 0.6) is 0 Å². The Balaban J connectivity index is 1.31. The van der Waals surface area contributed by atoms with Crippen LogP contribution in [0.1, 0.15) is 66.4 Å². The number of H-pyrrole nitrogens is 2. The number of nitrogens with one attached hydrogen (secondary N) is 2. The molecule has 16 heteroatoms. The number of aromatic amines is 2. The Kier molecular flexibility index (Phi) is 7.81. The number of allylic oxidation sites excluding steroid dienone is 5.